The zero-order valence-corrected chi connectivity index (χ0v) is 17.1. The van der Waals surface area contributed by atoms with Crippen LogP contribution in [0.2, 0.25) is 0 Å². The molecule has 0 radical (unpaired) electrons. The third kappa shape index (κ3) is 10.8. The van der Waals surface area contributed by atoms with Crippen LogP contribution >= 0.6 is 0 Å². The van der Waals surface area contributed by atoms with Crippen LogP contribution in [0.4, 0.5) is 0 Å². The normalized spacial score (nSPS) is 24.0. The first kappa shape index (κ1) is 24.1. The van der Waals surface area contributed by atoms with E-state index in [9.17, 15) is 20.1 Å². The Kier molecular flexibility index (Phi) is 12.6. The maximum atomic E-state index is 11.4. The molecule has 1 rings (SSSR count). The third-order valence-electron chi connectivity index (χ3n) is 5.38. The van der Waals surface area contributed by atoms with Gasteiger partial charge in [0.15, 0.2) is 5.78 Å². The van der Waals surface area contributed by atoms with E-state index in [0.717, 1.165) is 12.8 Å². The molecule has 0 heterocycles. The van der Waals surface area contributed by atoms with Crippen molar-refractivity contribution < 1.29 is 20.1 Å². The Morgan fingerprint density at radius 1 is 1.07 bits per heavy atom. The van der Waals surface area contributed by atoms with Gasteiger partial charge in [0.25, 0.3) is 0 Å². The fourth-order valence-electron chi connectivity index (χ4n) is 3.63. The van der Waals surface area contributed by atoms with E-state index in [1.54, 1.807) is 0 Å². The molecule has 0 aliphatic heterocycles. The minimum Gasteiger partial charge on any atom is -0.393 e. The summed E-state index contributed by atoms with van der Waals surface area (Å²) in [6.45, 7) is 2.22. The van der Waals surface area contributed by atoms with Crippen LogP contribution in [-0.2, 0) is 4.79 Å². The zero-order valence-electron chi connectivity index (χ0n) is 17.1. The zero-order chi connectivity index (χ0) is 20.0. The molecule has 27 heavy (non-hydrogen) atoms. The Labute approximate surface area is 165 Å². The van der Waals surface area contributed by atoms with E-state index in [0.29, 0.717) is 6.42 Å². The number of allylic oxidation sites excluding steroid dienone is 3. The predicted octanol–water partition coefficient (Wildman–Crippen LogP) is 4.62. The Balaban J connectivity index is 1.98. The number of aliphatic hydroxyl groups excluding tert-OH is 2. The number of aliphatic hydroxyl groups is 3. The van der Waals surface area contributed by atoms with Gasteiger partial charge in [-0.15, -0.1) is 0 Å². The predicted molar refractivity (Wildman–Crippen MR) is 111 cm³/mol. The molecule has 0 unspecified atom stereocenters. The van der Waals surface area contributed by atoms with Crippen molar-refractivity contribution in [1.82, 2.24) is 0 Å². The summed E-state index contributed by atoms with van der Waals surface area (Å²) in [5, 5.41) is 30.4. The van der Waals surface area contributed by atoms with E-state index in [2.05, 4.69) is 19.1 Å². The van der Waals surface area contributed by atoms with Crippen molar-refractivity contribution in [2.24, 2.45) is 0 Å². The van der Waals surface area contributed by atoms with Gasteiger partial charge in [-0.3, -0.25) is 4.79 Å². The van der Waals surface area contributed by atoms with Crippen molar-refractivity contribution >= 4 is 5.78 Å². The highest BCUT2D eigenvalue weighted by molar-refractivity contribution is 5.91. The van der Waals surface area contributed by atoms with Crippen LogP contribution in [0.25, 0.3) is 0 Å². The van der Waals surface area contributed by atoms with Crippen LogP contribution in [0.1, 0.15) is 96.8 Å². The third-order valence-corrected chi connectivity index (χ3v) is 5.38. The first-order chi connectivity index (χ1) is 13.0. The summed E-state index contributed by atoms with van der Waals surface area (Å²) in [5.74, 6) is -0.202. The molecule has 0 saturated carbocycles. The summed E-state index contributed by atoms with van der Waals surface area (Å²) in [7, 11) is 0. The molecule has 0 fully saturated rings. The largest absolute Gasteiger partial charge is 0.393 e. The van der Waals surface area contributed by atoms with E-state index in [1.165, 1.54) is 69.9 Å². The van der Waals surface area contributed by atoms with Crippen molar-refractivity contribution in [2.75, 3.05) is 0 Å². The Bertz CT molecular complexity index is 457. The molecular weight excluding hydrogens is 340 g/mol. The molecule has 0 amide bonds. The average Bonchev–Trinajstić information content (AvgIpc) is 2.62. The van der Waals surface area contributed by atoms with Gasteiger partial charge in [-0.25, -0.2) is 0 Å². The number of ketones is 1. The fraction of sp³-hybridized carbons (Fsp3) is 0.783. The smallest absolute Gasteiger partial charge is 0.158 e. The van der Waals surface area contributed by atoms with Gasteiger partial charge in [0.05, 0.1) is 6.10 Å². The van der Waals surface area contributed by atoms with Gasteiger partial charge in [0, 0.05) is 12.8 Å². The van der Waals surface area contributed by atoms with Crippen LogP contribution in [-0.4, -0.2) is 38.9 Å². The maximum Gasteiger partial charge on any atom is 0.158 e. The van der Waals surface area contributed by atoms with Crippen molar-refractivity contribution in [3.05, 3.63) is 24.3 Å². The lowest BCUT2D eigenvalue weighted by molar-refractivity contribution is -0.131. The lowest BCUT2D eigenvalue weighted by atomic mass is 9.81. The minimum absolute atomic E-state index is 0.0516. The summed E-state index contributed by atoms with van der Waals surface area (Å²) in [6, 6.07) is 0. The average molecular weight is 381 g/mol. The Morgan fingerprint density at radius 2 is 1.67 bits per heavy atom. The van der Waals surface area contributed by atoms with E-state index < -0.39 is 17.8 Å². The van der Waals surface area contributed by atoms with E-state index in [-0.39, 0.29) is 18.6 Å². The van der Waals surface area contributed by atoms with Gasteiger partial charge in [-0.1, -0.05) is 70.4 Å². The van der Waals surface area contributed by atoms with Gasteiger partial charge in [0.1, 0.15) is 11.7 Å². The second kappa shape index (κ2) is 14.1. The molecule has 156 valence electrons. The summed E-state index contributed by atoms with van der Waals surface area (Å²) >= 11 is 0. The molecule has 0 aromatic carbocycles. The molecule has 0 saturated heterocycles. The van der Waals surface area contributed by atoms with Gasteiger partial charge < -0.3 is 15.3 Å². The van der Waals surface area contributed by atoms with E-state index in [1.807, 2.05) is 0 Å². The highest BCUT2D eigenvalue weighted by Gasteiger charge is 2.40. The number of carbonyl (C=O) groups excluding carboxylic acids is 1. The number of carbonyl (C=O) groups is 1. The van der Waals surface area contributed by atoms with Gasteiger partial charge in [-0.2, -0.15) is 0 Å². The summed E-state index contributed by atoms with van der Waals surface area (Å²) in [5.41, 5.74) is -1.52. The SMILES string of the molecule is CCCC/C=C\CCCCCCCCC[C@H](O)C[C@]1(O)CC(=O)C=C[C@H]1O. The lowest BCUT2D eigenvalue weighted by Gasteiger charge is -2.34. The van der Waals surface area contributed by atoms with Crippen LogP contribution in [0.15, 0.2) is 24.3 Å². The molecule has 4 nitrogen and oxygen atoms in total. The number of rotatable bonds is 15. The van der Waals surface area contributed by atoms with Crippen molar-refractivity contribution in [3.63, 3.8) is 0 Å². The fourth-order valence-corrected chi connectivity index (χ4v) is 3.63. The molecule has 1 aliphatic rings. The monoisotopic (exact) mass is 380 g/mol. The van der Waals surface area contributed by atoms with Crippen molar-refractivity contribution in [3.8, 4) is 0 Å². The van der Waals surface area contributed by atoms with E-state index >= 15 is 0 Å². The summed E-state index contributed by atoms with van der Waals surface area (Å²) < 4.78 is 0. The highest BCUT2D eigenvalue weighted by atomic mass is 16.3. The Hall–Kier alpha value is -0.970. The van der Waals surface area contributed by atoms with Crippen molar-refractivity contribution in [2.45, 2.75) is 115 Å². The lowest BCUT2D eigenvalue weighted by Crippen LogP contribution is -2.47. The standard InChI is InChI=1S/C23H40O4/c1-2-3-4-5-6-7-8-9-10-11-12-13-14-15-20(24)18-23(27)19-21(25)16-17-22(23)26/h5-6,16-17,20,22,24,26-27H,2-4,7-15,18-19H2,1H3/b6-5-/t20-,22+,23-/m0/s1. The first-order valence-corrected chi connectivity index (χ1v) is 10.9. The molecule has 0 aromatic heterocycles. The van der Waals surface area contributed by atoms with Crippen LogP contribution < -0.4 is 0 Å². The molecule has 3 atom stereocenters. The molecule has 4 heteroatoms. The number of hydrogen-bond acceptors (Lipinski definition) is 4. The van der Waals surface area contributed by atoms with E-state index in [4.69, 9.17) is 0 Å². The summed E-state index contributed by atoms with van der Waals surface area (Å²) in [4.78, 5) is 11.4. The first-order valence-electron chi connectivity index (χ1n) is 10.9. The highest BCUT2D eigenvalue weighted by Crippen LogP contribution is 2.28. The maximum absolute atomic E-state index is 11.4. The van der Waals surface area contributed by atoms with Crippen LogP contribution in [0.5, 0.6) is 0 Å². The molecule has 0 spiro atoms. The molecule has 0 aromatic rings. The molecule has 3 N–H and O–H groups in total. The number of unbranched alkanes of at least 4 members (excludes halogenated alkanes) is 9. The minimum atomic E-state index is -1.52. The topological polar surface area (TPSA) is 77.8 Å². The van der Waals surface area contributed by atoms with Gasteiger partial charge in [0.2, 0.25) is 0 Å². The second-order valence-corrected chi connectivity index (χ2v) is 8.07. The van der Waals surface area contributed by atoms with Crippen LogP contribution in [0, 0.1) is 0 Å². The number of hydrogen-bond donors (Lipinski definition) is 3. The van der Waals surface area contributed by atoms with Crippen molar-refractivity contribution in [1.29, 1.82) is 0 Å². The second-order valence-electron chi connectivity index (χ2n) is 8.07. The quantitative estimate of drug-likeness (QED) is 0.286. The van der Waals surface area contributed by atoms with Gasteiger partial charge >= 0.3 is 0 Å². The molecular formula is C23H40O4. The molecule has 0 bridgehead atoms. The summed E-state index contributed by atoms with van der Waals surface area (Å²) in [6.07, 6.45) is 19.2. The Morgan fingerprint density at radius 3 is 2.33 bits per heavy atom. The van der Waals surface area contributed by atoms with Crippen LogP contribution in [0.3, 0.4) is 0 Å². The van der Waals surface area contributed by atoms with Gasteiger partial charge in [-0.05, 0) is 37.8 Å². The molecule has 1 aliphatic carbocycles.